The molecule has 8 rings (SSSR count). The third-order valence-corrected chi connectivity index (χ3v) is 10.6. The maximum Gasteiger partial charge on any atom is 0.238 e. The number of aromatic hydroxyl groups is 1. The van der Waals surface area contributed by atoms with Crippen molar-refractivity contribution in [1.29, 1.82) is 0 Å². The molecule has 2 fully saturated rings. The van der Waals surface area contributed by atoms with E-state index in [0.717, 1.165) is 29.7 Å². The van der Waals surface area contributed by atoms with Crippen molar-refractivity contribution in [3.8, 4) is 5.75 Å². The van der Waals surface area contributed by atoms with Crippen LogP contribution in [-0.2, 0) is 23.9 Å². The molecule has 3 aromatic rings. The van der Waals surface area contributed by atoms with Crippen molar-refractivity contribution in [2.45, 2.75) is 18.8 Å². The summed E-state index contributed by atoms with van der Waals surface area (Å²) in [6, 6.07) is 18.6. The van der Waals surface area contributed by atoms with Crippen molar-refractivity contribution in [2.24, 2.45) is 17.8 Å². The van der Waals surface area contributed by atoms with Gasteiger partial charge in [0.15, 0.2) is 11.6 Å². The van der Waals surface area contributed by atoms with Gasteiger partial charge in [0.25, 0.3) is 0 Å². The Kier molecular flexibility index (Phi) is 6.65. The van der Waals surface area contributed by atoms with E-state index in [4.69, 9.17) is 4.74 Å². The second-order valence-electron chi connectivity index (χ2n) is 12.2. The van der Waals surface area contributed by atoms with Crippen LogP contribution in [0.25, 0.3) is 10.8 Å². The molecule has 0 unspecified atom stereocenters. The van der Waals surface area contributed by atoms with Gasteiger partial charge >= 0.3 is 0 Å². The number of imide groups is 1. The summed E-state index contributed by atoms with van der Waals surface area (Å²) in [5, 5.41) is 13.0. The maximum atomic E-state index is 14.3. The number of benzene rings is 3. The molecule has 2 aliphatic heterocycles. The number of halogens is 1. The van der Waals surface area contributed by atoms with E-state index in [1.165, 1.54) is 11.0 Å². The van der Waals surface area contributed by atoms with E-state index in [1.54, 1.807) is 6.07 Å². The van der Waals surface area contributed by atoms with Gasteiger partial charge in [0.05, 0.1) is 35.2 Å². The number of carbonyl (C=O) groups excluding carboxylic acids is 4. The first-order valence-electron chi connectivity index (χ1n) is 15.2. The SMILES string of the molecule is O=C1C=C(Br)C(=O)C2=C1[C@@H](c1ccc3ccccc3c1O)C1=CC[C@@H]3C(=O)N(c4ccc(N5CCOCC5)cc4)C(=O)[C@@H]3[C@@H]1C2. The predicted molar refractivity (Wildman–Crippen MR) is 172 cm³/mol. The minimum atomic E-state index is -0.720. The third-order valence-electron chi connectivity index (χ3n) is 10.1. The zero-order valence-corrected chi connectivity index (χ0v) is 25.8. The fraction of sp³-hybridized carbons (Fsp3) is 0.278. The Morgan fingerprint density at radius 1 is 0.844 bits per heavy atom. The molecule has 45 heavy (non-hydrogen) atoms. The number of ketones is 2. The first kappa shape index (κ1) is 28.2. The number of ether oxygens (including phenoxy) is 1. The molecule has 0 bridgehead atoms. The number of nitrogens with zero attached hydrogens (tertiary/aromatic N) is 2. The highest BCUT2D eigenvalue weighted by Crippen LogP contribution is 2.57. The summed E-state index contributed by atoms with van der Waals surface area (Å²) >= 11 is 3.27. The molecule has 2 heterocycles. The lowest BCUT2D eigenvalue weighted by molar-refractivity contribution is -0.123. The smallest absolute Gasteiger partial charge is 0.238 e. The van der Waals surface area contributed by atoms with E-state index in [-0.39, 0.29) is 40.0 Å². The summed E-state index contributed by atoms with van der Waals surface area (Å²) in [5.74, 6) is -3.58. The van der Waals surface area contributed by atoms with Crippen molar-refractivity contribution in [1.82, 2.24) is 0 Å². The largest absolute Gasteiger partial charge is 0.507 e. The third kappa shape index (κ3) is 4.28. The maximum absolute atomic E-state index is 14.3. The Balaban J connectivity index is 1.20. The van der Waals surface area contributed by atoms with E-state index in [9.17, 15) is 24.3 Å². The summed E-state index contributed by atoms with van der Waals surface area (Å²) in [6.07, 6.45) is 3.77. The zero-order valence-electron chi connectivity index (χ0n) is 24.2. The lowest BCUT2D eigenvalue weighted by atomic mass is 9.59. The molecule has 8 nitrogen and oxygen atoms in total. The van der Waals surface area contributed by atoms with Crippen LogP contribution in [0, 0.1) is 17.8 Å². The molecular weight excluding hydrogens is 636 g/mol. The van der Waals surface area contributed by atoms with Gasteiger partial charge in [0.2, 0.25) is 11.8 Å². The van der Waals surface area contributed by atoms with Crippen LogP contribution >= 0.6 is 15.9 Å². The molecule has 2 saturated heterocycles. The number of Topliss-reactive ketones (excluding diaryl/α,β-unsaturated/α-hetero) is 1. The summed E-state index contributed by atoms with van der Waals surface area (Å²) in [5.41, 5.74) is 3.51. The Morgan fingerprint density at radius 2 is 1.58 bits per heavy atom. The fourth-order valence-electron chi connectivity index (χ4n) is 7.96. The molecule has 0 aromatic heterocycles. The molecule has 1 N–H and O–H groups in total. The molecule has 2 amide bonds. The summed E-state index contributed by atoms with van der Waals surface area (Å²) in [6.45, 7) is 2.86. The van der Waals surface area contributed by atoms with Gasteiger partial charge in [-0.1, -0.05) is 48.0 Å². The van der Waals surface area contributed by atoms with Crippen LogP contribution in [0.2, 0.25) is 0 Å². The van der Waals surface area contributed by atoms with Crippen molar-refractivity contribution in [3.63, 3.8) is 0 Å². The second kappa shape index (κ2) is 10.6. The molecule has 9 heteroatoms. The van der Waals surface area contributed by atoms with Crippen molar-refractivity contribution in [2.75, 3.05) is 36.1 Å². The highest BCUT2D eigenvalue weighted by atomic mass is 79.9. The number of carbonyl (C=O) groups is 4. The first-order chi connectivity index (χ1) is 21.8. The number of hydrogen-bond donors (Lipinski definition) is 1. The number of phenols is 1. The second-order valence-corrected chi connectivity index (χ2v) is 13.1. The summed E-state index contributed by atoms with van der Waals surface area (Å²) in [7, 11) is 0. The van der Waals surface area contributed by atoms with E-state index >= 15 is 0 Å². The number of amides is 2. The highest BCUT2D eigenvalue weighted by molar-refractivity contribution is 9.12. The number of rotatable bonds is 3. The van der Waals surface area contributed by atoms with Gasteiger partial charge in [-0.2, -0.15) is 0 Å². The minimum absolute atomic E-state index is 0.0401. The van der Waals surface area contributed by atoms with Crippen molar-refractivity contribution in [3.05, 3.63) is 99.6 Å². The first-order valence-corrected chi connectivity index (χ1v) is 16.0. The Bertz CT molecular complexity index is 1920. The standard InChI is InChI=1S/C36H29BrN2O6/c37-28-18-29(40)32-27(34(28)42)17-26-23(30(32)24-10-5-19-3-1-2-4-22(19)33(24)41)11-12-25-31(26)36(44)39(35(25)43)21-8-6-20(7-9-21)38-13-15-45-16-14-38/h1-11,18,25-26,30-31,41H,12-17H2/t25-,26+,30+,31-/m0/s1. The Labute approximate surface area is 267 Å². The monoisotopic (exact) mass is 664 g/mol. The zero-order chi connectivity index (χ0) is 31.0. The number of allylic oxidation sites excluding steroid dienone is 6. The number of fused-ring (bicyclic) bond motifs is 4. The van der Waals surface area contributed by atoms with E-state index in [0.29, 0.717) is 47.4 Å². The predicted octanol–water partition coefficient (Wildman–Crippen LogP) is 5.35. The van der Waals surface area contributed by atoms with Gasteiger partial charge in [0.1, 0.15) is 5.75 Å². The number of phenolic OH excluding ortho intramolecular Hbond substituents is 1. The molecule has 226 valence electrons. The molecule has 4 atom stereocenters. The lowest BCUT2D eigenvalue weighted by Crippen LogP contribution is -2.39. The Hall–Kier alpha value is -4.34. The number of hydrogen-bond acceptors (Lipinski definition) is 7. The van der Waals surface area contributed by atoms with Crippen molar-refractivity contribution >= 4 is 61.5 Å². The lowest BCUT2D eigenvalue weighted by Gasteiger charge is -2.42. The van der Waals surface area contributed by atoms with Gasteiger partial charge in [0, 0.05) is 52.9 Å². The van der Waals surface area contributed by atoms with Crippen LogP contribution in [-0.4, -0.2) is 54.8 Å². The molecule has 0 saturated carbocycles. The van der Waals surface area contributed by atoms with Crippen LogP contribution < -0.4 is 9.80 Å². The molecule has 0 radical (unpaired) electrons. The number of morpholine rings is 1. The van der Waals surface area contributed by atoms with Gasteiger partial charge in [-0.3, -0.25) is 24.1 Å². The number of anilines is 2. The molecule has 0 spiro atoms. The van der Waals surface area contributed by atoms with E-state index < -0.39 is 23.7 Å². The van der Waals surface area contributed by atoms with Crippen LogP contribution in [0.15, 0.2) is 94.0 Å². The molecule has 3 aromatic carbocycles. The van der Waals surface area contributed by atoms with E-state index in [1.807, 2.05) is 60.7 Å². The summed E-state index contributed by atoms with van der Waals surface area (Å²) < 4.78 is 5.63. The van der Waals surface area contributed by atoms with Gasteiger partial charge in [-0.15, -0.1) is 0 Å². The summed E-state index contributed by atoms with van der Waals surface area (Å²) in [4.78, 5) is 58.8. The van der Waals surface area contributed by atoms with E-state index in [2.05, 4.69) is 20.8 Å². The Morgan fingerprint density at radius 3 is 2.36 bits per heavy atom. The van der Waals surface area contributed by atoms with Gasteiger partial charge in [-0.25, -0.2) is 0 Å². The van der Waals surface area contributed by atoms with Gasteiger partial charge in [-0.05, 0) is 64.3 Å². The minimum Gasteiger partial charge on any atom is -0.507 e. The normalized spacial score (nSPS) is 26.5. The molecule has 3 aliphatic carbocycles. The highest BCUT2D eigenvalue weighted by Gasteiger charge is 2.57. The molecule has 5 aliphatic rings. The van der Waals surface area contributed by atoms with Crippen LogP contribution in [0.4, 0.5) is 11.4 Å². The fourth-order valence-corrected chi connectivity index (χ4v) is 8.40. The quantitative estimate of drug-likeness (QED) is 0.229. The van der Waals surface area contributed by atoms with Crippen LogP contribution in [0.3, 0.4) is 0 Å². The van der Waals surface area contributed by atoms with Crippen LogP contribution in [0.5, 0.6) is 5.75 Å². The molecular formula is C36H29BrN2O6. The van der Waals surface area contributed by atoms with Crippen LogP contribution in [0.1, 0.15) is 24.3 Å². The topological polar surface area (TPSA) is 104 Å². The van der Waals surface area contributed by atoms with Gasteiger partial charge < -0.3 is 14.7 Å². The average molecular weight is 666 g/mol. The average Bonchev–Trinajstić information content (AvgIpc) is 3.33. The van der Waals surface area contributed by atoms with Crippen molar-refractivity contribution < 1.29 is 29.0 Å².